The van der Waals surface area contributed by atoms with Gasteiger partial charge in [-0.3, -0.25) is 0 Å². The highest BCUT2D eigenvalue weighted by Crippen LogP contribution is 2.32. The van der Waals surface area contributed by atoms with Crippen LogP contribution in [0.2, 0.25) is 5.15 Å². The molecule has 1 aromatic heterocycles. The van der Waals surface area contributed by atoms with Gasteiger partial charge in [0.1, 0.15) is 5.15 Å². The summed E-state index contributed by atoms with van der Waals surface area (Å²) in [4.78, 5) is 4.05. The Kier molecular flexibility index (Phi) is 3.83. The fourth-order valence-corrected chi connectivity index (χ4v) is 2.93. The van der Waals surface area contributed by atoms with Gasteiger partial charge in [0.25, 0.3) is 5.19 Å². The molecule has 1 aliphatic carbocycles. The van der Waals surface area contributed by atoms with E-state index in [9.17, 15) is 0 Å². The normalized spacial score (nSPS) is 25.7. The van der Waals surface area contributed by atoms with Crippen LogP contribution in [0.1, 0.15) is 19.3 Å². The Labute approximate surface area is 98.6 Å². The molecule has 2 N–H and O–H groups in total. The summed E-state index contributed by atoms with van der Waals surface area (Å²) in [5.74, 6) is 1.22. The Morgan fingerprint density at radius 3 is 3.00 bits per heavy atom. The lowest BCUT2D eigenvalue weighted by Crippen LogP contribution is -2.23. The number of nitrogens with two attached hydrogens (primary N) is 1. The van der Waals surface area contributed by atoms with E-state index < -0.39 is 0 Å². The summed E-state index contributed by atoms with van der Waals surface area (Å²) >= 11 is 7.16. The minimum absolute atomic E-state index is 0.511. The summed E-state index contributed by atoms with van der Waals surface area (Å²) in [6, 6.07) is 0. The molecule has 15 heavy (non-hydrogen) atoms. The van der Waals surface area contributed by atoms with E-state index >= 15 is 0 Å². The van der Waals surface area contributed by atoms with E-state index in [4.69, 9.17) is 22.1 Å². The first-order valence-electron chi connectivity index (χ1n) is 5.23. The molecule has 1 fully saturated rings. The van der Waals surface area contributed by atoms with Crippen molar-refractivity contribution >= 4 is 22.9 Å². The third-order valence-corrected chi connectivity index (χ3v) is 4.07. The first-order chi connectivity index (χ1) is 7.29. The minimum atomic E-state index is 0.511. The molecule has 0 aliphatic heterocycles. The maximum absolute atomic E-state index is 5.71. The summed E-state index contributed by atoms with van der Waals surface area (Å²) in [5, 5.41) is 2.96. The van der Waals surface area contributed by atoms with Gasteiger partial charge in [-0.25, -0.2) is 0 Å². The zero-order chi connectivity index (χ0) is 10.7. The Morgan fingerprint density at radius 2 is 2.33 bits per heavy atom. The average Bonchev–Trinajstić information content (AvgIpc) is 2.83. The first-order valence-corrected chi connectivity index (χ1v) is 6.49. The van der Waals surface area contributed by atoms with Gasteiger partial charge in [-0.05, 0) is 31.2 Å². The van der Waals surface area contributed by atoms with Crippen molar-refractivity contribution in [3.63, 3.8) is 0 Å². The van der Waals surface area contributed by atoms with Crippen LogP contribution in [-0.2, 0) is 0 Å². The van der Waals surface area contributed by atoms with Gasteiger partial charge < -0.3 is 10.5 Å². The molecule has 1 saturated carbocycles. The lowest BCUT2D eigenvalue weighted by atomic mass is 9.97. The lowest BCUT2D eigenvalue weighted by Gasteiger charge is -2.16. The Balaban J connectivity index is 1.82. The van der Waals surface area contributed by atoms with E-state index in [1.165, 1.54) is 30.6 Å². The second-order valence-corrected chi connectivity index (χ2v) is 5.14. The number of thiazole rings is 1. The quantitative estimate of drug-likeness (QED) is 0.888. The number of aromatic nitrogens is 1. The monoisotopic (exact) mass is 246 g/mol. The van der Waals surface area contributed by atoms with Gasteiger partial charge in [0, 0.05) is 5.38 Å². The summed E-state index contributed by atoms with van der Waals surface area (Å²) in [6.45, 7) is 1.50. The van der Waals surface area contributed by atoms with Gasteiger partial charge in [0.15, 0.2) is 0 Å². The van der Waals surface area contributed by atoms with Crippen LogP contribution in [0.25, 0.3) is 0 Å². The van der Waals surface area contributed by atoms with Crippen molar-refractivity contribution in [3.8, 4) is 5.19 Å². The van der Waals surface area contributed by atoms with Crippen LogP contribution in [0.4, 0.5) is 0 Å². The molecule has 1 heterocycles. The number of nitrogens with zero attached hydrogens (tertiary/aromatic N) is 1. The molecule has 3 nitrogen and oxygen atoms in total. The smallest absolute Gasteiger partial charge is 0.274 e. The second-order valence-electron chi connectivity index (χ2n) is 3.93. The number of ether oxygens (including phenoxy) is 1. The molecule has 2 atom stereocenters. The van der Waals surface area contributed by atoms with Crippen LogP contribution in [0, 0.1) is 11.8 Å². The first kappa shape index (κ1) is 11.2. The van der Waals surface area contributed by atoms with Crippen molar-refractivity contribution in [1.29, 1.82) is 0 Å². The van der Waals surface area contributed by atoms with Crippen molar-refractivity contribution in [3.05, 3.63) is 10.5 Å². The molecule has 0 amide bonds. The van der Waals surface area contributed by atoms with E-state index in [0.717, 1.165) is 13.2 Å². The molecule has 2 unspecified atom stereocenters. The van der Waals surface area contributed by atoms with Crippen LogP contribution >= 0.6 is 22.9 Å². The lowest BCUT2D eigenvalue weighted by molar-refractivity contribution is 0.216. The van der Waals surface area contributed by atoms with Crippen molar-refractivity contribution < 1.29 is 4.74 Å². The molecule has 2 rings (SSSR count). The van der Waals surface area contributed by atoms with Gasteiger partial charge in [0.2, 0.25) is 0 Å². The van der Waals surface area contributed by atoms with Crippen molar-refractivity contribution in [2.24, 2.45) is 17.6 Å². The van der Waals surface area contributed by atoms with Crippen molar-refractivity contribution in [2.45, 2.75) is 19.3 Å². The third-order valence-electron chi connectivity index (χ3n) is 3.00. The molecule has 0 spiro atoms. The van der Waals surface area contributed by atoms with E-state index in [1.54, 1.807) is 5.38 Å². The summed E-state index contributed by atoms with van der Waals surface area (Å²) in [5.41, 5.74) is 5.71. The van der Waals surface area contributed by atoms with Crippen molar-refractivity contribution in [2.75, 3.05) is 13.2 Å². The predicted octanol–water partition coefficient (Wildman–Crippen LogP) is 2.55. The van der Waals surface area contributed by atoms with E-state index in [1.807, 2.05) is 0 Å². The standard InChI is InChI=1S/C10H15ClN2OS/c11-9-6-15-10(13-9)14-5-8-3-1-2-7(8)4-12/h6-8H,1-5,12H2. The third kappa shape index (κ3) is 2.83. The van der Waals surface area contributed by atoms with Gasteiger partial charge >= 0.3 is 0 Å². The number of halogens is 1. The van der Waals surface area contributed by atoms with Crippen LogP contribution in [0.5, 0.6) is 5.19 Å². The molecule has 0 bridgehead atoms. The highest BCUT2D eigenvalue weighted by atomic mass is 35.5. The zero-order valence-corrected chi connectivity index (χ0v) is 10.1. The topological polar surface area (TPSA) is 48.1 Å². The number of hydrogen-bond donors (Lipinski definition) is 1. The Morgan fingerprint density at radius 1 is 1.53 bits per heavy atom. The highest BCUT2D eigenvalue weighted by Gasteiger charge is 2.26. The number of rotatable bonds is 4. The largest absolute Gasteiger partial charge is 0.470 e. The fraction of sp³-hybridized carbons (Fsp3) is 0.700. The highest BCUT2D eigenvalue weighted by molar-refractivity contribution is 7.11. The zero-order valence-electron chi connectivity index (χ0n) is 8.49. The van der Waals surface area contributed by atoms with Crippen LogP contribution < -0.4 is 10.5 Å². The average molecular weight is 247 g/mol. The van der Waals surface area contributed by atoms with Crippen LogP contribution in [0.3, 0.4) is 0 Å². The van der Waals surface area contributed by atoms with Gasteiger partial charge in [-0.15, -0.1) is 0 Å². The molecular formula is C10H15ClN2OS. The van der Waals surface area contributed by atoms with Gasteiger partial charge in [0.05, 0.1) is 6.61 Å². The molecule has 84 valence electrons. The second kappa shape index (κ2) is 5.14. The molecule has 0 radical (unpaired) electrons. The molecule has 5 heteroatoms. The van der Waals surface area contributed by atoms with E-state index in [0.29, 0.717) is 22.2 Å². The Bertz CT molecular complexity index is 318. The molecule has 0 aromatic carbocycles. The minimum Gasteiger partial charge on any atom is -0.470 e. The molecule has 0 saturated heterocycles. The van der Waals surface area contributed by atoms with Crippen LogP contribution in [-0.4, -0.2) is 18.1 Å². The molecule has 1 aromatic rings. The predicted molar refractivity (Wildman–Crippen MR) is 62.5 cm³/mol. The maximum Gasteiger partial charge on any atom is 0.274 e. The summed E-state index contributed by atoms with van der Waals surface area (Å²) in [7, 11) is 0. The van der Waals surface area contributed by atoms with E-state index in [2.05, 4.69) is 4.98 Å². The Hall–Kier alpha value is -0.320. The fourth-order valence-electron chi connectivity index (χ4n) is 2.13. The number of hydrogen-bond acceptors (Lipinski definition) is 4. The van der Waals surface area contributed by atoms with Crippen molar-refractivity contribution in [1.82, 2.24) is 4.98 Å². The molecule has 1 aliphatic rings. The van der Waals surface area contributed by atoms with Crippen LogP contribution in [0.15, 0.2) is 5.38 Å². The SMILES string of the molecule is NCC1CCCC1COc1nc(Cl)cs1. The van der Waals surface area contributed by atoms with E-state index in [-0.39, 0.29) is 0 Å². The summed E-state index contributed by atoms with van der Waals surface area (Å²) < 4.78 is 5.61. The summed E-state index contributed by atoms with van der Waals surface area (Å²) in [6.07, 6.45) is 3.73. The maximum atomic E-state index is 5.71. The van der Waals surface area contributed by atoms with Gasteiger partial charge in [-0.2, -0.15) is 4.98 Å². The molecular weight excluding hydrogens is 232 g/mol. The van der Waals surface area contributed by atoms with Gasteiger partial charge in [-0.1, -0.05) is 29.4 Å².